The topological polar surface area (TPSA) is 55.9 Å². The Morgan fingerprint density at radius 1 is 0.750 bits per heavy atom. The smallest absolute Gasteiger partial charge is 0.0509 e. The second-order valence-electron chi connectivity index (χ2n) is 4.19. The third-order valence-corrected chi connectivity index (χ3v) is 3.18. The van der Waals surface area contributed by atoms with Gasteiger partial charge in [-0.25, -0.2) is 0 Å². The summed E-state index contributed by atoms with van der Waals surface area (Å²) >= 11 is 0. The maximum Gasteiger partial charge on any atom is 0.0509 e. The molecule has 0 bridgehead atoms. The lowest BCUT2D eigenvalue weighted by Crippen LogP contribution is -2.38. The zero-order valence-corrected chi connectivity index (χ0v) is 10.7. The fourth-order valence-corrected chi connectivity index (χ4v) is 2.23. The van der Waals surface area contributed by atoms with Gasteiger partial charge in [0.2, 0.25) is 0 Å². The normalized spacial score (nSPS) is 26.5. The third-order valence-electron chi connectivity index (χ3n) is 3.18. The fraction of sp³-hybridized carbons (Fsp3) is 1.00. The van der Waals surface area contributed by atoms with Crippen molar-refractivity contribution in [2.45, 2.75) is 37.8 Å². The van der Waals surface area contributed by atoms with Crippen molar-refractivity contribution in [2.24, 2.45) is 20.7 Å². The predicted octanol–water partition coefficient (Wildman–Crippen LogP) is 2.16. The minimum Gasteiger partial charge on any atom is -0.279 e. The molecule has 0 N–H and O–H groups in total. The second-order valence-corrected chi connectivity index (χ2v) is 4.19. The van der Waals surface area contributed by atoms with Gasteiger partial charge in [0, 0.05) is 26.2 Å². The molecule has 1 aliphatic rings. The molecule has 16 heavy (non-hydrogen) atoms. The average molecular weight is 226 g/mol. The van der Waals surface area contributed by atoms with E-state index in [1.54, 1.807) is 14.1 Å². The summed E-state index contributed by atoms with van der Waals surface area (Å²) in [6, 6.07) is 1.04. The lowest BCUT2D eigenvalue weighted by atomic mass is 9.91. The molecule has 0 aromatic rings. The Labute approximate surface area is 97.4 Å². The molecule has 1 fully saturated rings. The molecule has 0 saturated heterocycles. The molecule has 0 unspecified atom stereocenters. The highest BCUT2D eigenvalue weighted by molar-refractivity contribution is 4.80. The molecule has 1 saturated carbocycles. The Balaban J connectivity index is 2.39. The van der Waals surface area contributed by atoms with E-state index in [0.717, 1.165) is 25.7 Å². The molecule has 0 aliphatic heterocycles. The molecule has 0 spiro atoms. The van der Waals surface area contributed by atoms with Crippen LogP contribution in [-0.2, 0) is 0 Å². The zero-order chi connectivity index (χ0) is 12.0. The summed E-state index contributed by atoms with van der Waals surface area (Å²) in [4.78, 5) is 0. The summed E-state index contributed by atoms with van der Waals surface area (Å²) in [5, 5.41) is 19.7. The van der Waals surface area contributed by atoms with Crippen LogP contribution in [0.5, 0.6) is 0 Å². The Morgan fingerprint density at radius 3 is 1.31 bits per heavy atom. The van der Waals surface area contributed by atoms with E-state index in [4.69, 9.17) is 0 Å². The van der Waals surface area contributed by atoms with Crippen molar-refractivity contribution in [3.05, 3.63) is 0 Å². The Hall–Kier alpha value is -1.20. The molecule has 0 heterocycles. The minimum atomic E-state index is 0.520. The summed E-state index contributed by atoms with van der Waals surface area (Å²) in [7, 11) is 7.40. The largest absolute Gasteiger partial charge is 0.279 e. The number of rotatable bonds is 4. The molecule has 0 atom stereocenters. The quantitative estimate of drug-likeness (QED) is 0.545. The molecule has 0 aromatic heterocycles. The molecule has 92 valence electrons. The van der Waals surface area contributed by atoms with Gasteiger partial charge in [0.1, 0.15) is 0 Å². The van der Waals surface area contributed by atoms with Gasteiger partial charge < -0.3 is 0 Å². The SMILES string of the molecule is CN=NN(C)C1CCC(N(C)N=NC)CC1. The van der Waals surface area contributed by atoms with Gasteiger partial charge in [0.15, 0.2) is 0 Å². The monoisotopic (exact) mass is 226 g/mol. The van der Waals surface area contributed by atoms with Crippen LogP contribution in [0.3, 0.4) is 0 Å². The molecular weight excluding hydrogens is 204 g/mol. The van der Waals surface area contributed by atoms with Gasteiger partial charge in [0.05, 0.1) is 14.1 Å². The first-order valence-corrected chi connectivity index (χ1v) is 5.74. The van der Waals surface area contributed by atoms with E-state index in [0.29, 0.717) is 12.1 Å². The first-order chi connectivity index (χ1) is 7.69. The molecule has 0 amide bonds. The van der Waals surface area contributed by atoms with Crippen molar-refractivity contribution in [1.82, 2.24) is 10.0 Å². The molecule has 6 nitrogen and oxygen atoms in total. The summed E-state index contributed by atoms with van der Waals surface area (Å²) in [5.74, 6) is 0. The lowest BCUT2D eigenvalue weighted by Gasteiger charge is -2.34. The van der Waals surface area contributed by atoms with Crippen LogP contribution < -0.4 is 0 Å². The van der Waals surface area contributed by atoms with Crippen molar-refractivity contribution in [3.8, 4) is 0 Å². The van der Waals surface area contributed by atoms with Crippen molar-refractivity contribution in [2.75, 3.05) is 28.2 Å². The molecule has 0 radical (unpaired) electrons. The van der Waals surface area contributed by atoms with Crippen LogP contribution in [0.25, 0.3) is 0 Å². The fourth-order valence-electron chi connectivity index (χ4n) is 2.23. The van der Waals surface area contributed by atoms with Gasteiger partial charge in [0.25, 0.3) is 0 Å². The standard InChI is InChI=1S/C10H22N6/c1-11-13-15(3)9-5-7-10(8-6-9)16(4)14-12-2/h9-10H,5-8H2,1-4H3. The first-order valence-electron chi connectivity index (χ1n) is 5.74. The Kier molecular flexibility index (Phi) is 5.14. The van der Waals surface area contributed by atoms with Crippen LogP contribution in [-0.4, -0.2) is 50.3 Å². The highest BCUT2D eigenvalue weighted by atomic mass is 15.5. The minimum absolute atomic E-state index is 0.520. The average Bonchev–Trinajstić information content (AvgIpc) is 2.30. The number of nitrogens with zero attached hydrogens (tertiary/aromatic N) is 6. The molecular formula is C10H22N6. The highest BCUT2D eigenvalue weighted by Gasteiger charge is 2.25. The summed E-state index contributed by atoms with van der Waals surface area (Å²) in [5.41, 5.74) is 0. The van der Waals surface area contributed by atoms with Crippen molar-refractivity contribution in [3.63, 3.8) is 0 Å². The zero-order valence-electron chi connectivity index (χ0n) is 10.7. The number of hydrogen-bond donors (Lipinski definition) is 0. The van der Waals surface area contributed by atoms with Gasteiger partial charge in [-0.05, 0) is 25.7 Å². The van der Waals surface area contributed by atoms with Crippen LogP contribution in [0.1, 0.15) is 25.7 Å². The maximum atomic E-state index is 4.06. The first kappa shape index (κ1) is 12.9. The van der Waals surface area contributed by atoms with Gasteiger partial charge in [-0.1, -0.05) is 10.4 Å². The van der Waals surface area contributed by atoms with Crippen molar-refractivity contribution < 1.29 is 0 Å². The summed E-state index contributed by atoms with van der Waals surface area (Å²) in [6.07, 6.45) is 4.57. The summed E-state index contributed by atoms with van der Waals surface area (Å²) < 4.78 is 0. The van der Waals surface area contributed by atoms with Crippen LogP contribution in [0.4, 0.5) is 0 Å². The van der Waals surface area contributed by atoms with E-state index < -0.39 is 0 Å². The number of hydrogen-bond acceptors (Lipinski definition) is 4. The maximum absolute atomic E-state index is 4.06. The van der Waals surface area contributed by atoms with Crippen molar-refractivity contribution >= 4 is 0 Å². The van der Waals surface area contributed by atoms with Gasteiger partial charge in [-0.15, -0.1) is 0 Å². The highest BCUT2D eigenvalue weighted by Crippen LogP contribution is 2.25. The molecule has 1 rings (SSSR count). The van der Waals surface area contributed by atoms with Gasteiger partial charge in [-0.2, -0.15) is 10.2 Å². The summed E-state index contributed by atoms with van der Waals surface area (Å²) in [6.45, 7) is 0. The van der Waals surface area contributed by atoms with Gasteiger partial charge in [-0.3, -0.25) is 10.0 Å². The van der Waals surface area contributed by atoms with E-state index >= 15 is 0 Å². The van der Waals surface area contributed by atoms with Crippen molar-refractivity contribution in [1.29, 1.82) is 0 Å². The predicted molar refractivity (Wildman–Crippen MR) is 63.1 cm³/mol. The van der Waals surface area contributed by atoms with E-state index in [-0.39, 0.29) is 0 Å². The molecule has 6 heteroatoms. The Morgan fingerprint density at radius 2 is 1.06 bits per heavy atom. The van der Waals surface area contributed by atoms with E-state index in [1.165, 1.54) is 0 Å². The Bertz CT molecular complexity index is 218. The lowest BCUT2D eigenvalue weighted by molar-refractivity contribution is 0.119. The van der Waals surface area contributed by atoms with Gasteiger partial charge >= 0.3 is 0 Å². The van der Waals surface area contributed by atoms with E-state index in [9.17, 15) is 0 Å². The van der Waals surface area contributed by atoms with Crippen LogP contribution in [0, 0.1) is 0 Å². The van der Waals surface area contributed by atoms with E-state index in [1.807, 2.05) is 24.1 Å². The van der Waals surface area contributed by atoms with E-state index in [2.05, 4.69) is 20.7 Å². The molecule has 0 aromatic carbocycles. The van der Waals surface area contributed by atoms with Crippen LogP contribution in [0.2, 0.25) is 0 Å². The third kappa shape index (κ3) is 3.43. The molecule has 1 aliphatic carbocycles. The van der Waals surface area contributed by atoms with Crippen LogP contribution in [0.15, 0.2) is 20.7 Å². The second kappa shape index (κ2) is 6.40. The van der Waals surface area contributed by atoms with Crippen LogP contribution >= 0.6 is 0 Å².